The van der Waals surface area contributed by atoms with Gasteiger partial charge in [-0.2, -0.15) is 5.10 Å². The molecular weight excluding hydrogens is 676 g/mol. The molecule has 2 atom stereocenters. The minimum Gasteiger partial charge on any atom is -0.299 e. The molecule has 4 nitrogen and oxygen atoms in total. The molecule has 4 aromatic rings. The smallest absolute Gasteiger partial charge is 0.191 e. The SMILES string of the molecule is O=C(C/C=C/c1ccc(Cl)cc1)CC(C1=C(/C=C/c2ccc(Cl)cc2)N=C2SC=NN2C1c1ccc(Cl)cc1)c1ccc(Cl)cc1. The molecule has 0 bridgehead atoms. The third-order valence-corrected chi connectivity index (χ3v) is 9.37. The summed E-state index contributed by atoms with van der Waals surface area (Å²) in [4.78, 5) is 18.9. The number of hydrogen-bond acceptors (Lipinski definition) is 5. The van der Waals surface area contributed by atoms with Crippen LogP contribution in [-0.4, -0.2) is 21.5 Å². The number of hydrazone groups is 1. The van der Waals surface area contributed by atoms with E-state index in [-0.39, 0.29) is 30.6 Å². The third kappa shape index (κ3) is 7.86. The zero-order valence-electron chi connectivity index (χ0n) is 24.4. The van der Waals surface area contributed by atoms with Crippen molar-refractivity contribution in [2.45, 2.75) is 24.8 Å². The van der Waals surface area contributed by atoms with Crippen molar-refractivity contribution in [3.63, 3.8) is 0 Å². The highest BCUT2D eigenvalue weighted by atomic mass is 35.5. The van der Waals surface area contributed by atoms with Crippen LogP contribution in [0.3, 0.4) is 0 Å². The average Bonchev–Trinajstić information content (AvgIpc) is 3.53. The molecule has 0 radical (unpaired) electrons. The van der Waals surface area contributed by atoms with E-state index in [0.717, 1.165) is 38.7 Å². The summed E-state index contributed by atoms with van der Waals surface area (Å²) < 4.78 is 0. The van der Waals surface area contributed by atoms with Crippen LogP contribution in [0.2, 0.25) is 20.1 Å². The number of fused-ring (bicyclic) bond motifs is 1. The molecule has 230 valence electrons. The highest BCUT2D eigenvalue weighted by molar-refractivity contribution is 8.25. The van der Waals surface area contributed by atoms with Crippen molar-refractivity contribution >= 4 is 86.8 Å². The molecule has 0 fully saturated rings. The van der Waals surface area contributed by atoms with Gasteiger partial charge in [0.25, 0.3) is 0 Å². The summed E-state index contributed by atoms with van der Waals surface area (Å²) in [5.41, 5.74) is 7.40. The van der Waals surface area contributed by atoms with Crippen molar-refractivity contribution in [2.75, 3.05) is 0 Å². The summed E-state index contributed by atoms with van der Waals surface area (Å²) in [5.74, 6) is -0.243. The molecule has 6 rings (SSSR count). The second kappa shape index (κ2) is 14.9. The fourth-order valence-corrected chi connectivity index (χ4v) is 6.61. The summed E-state index contributed by atoms with van der Waals surface area (Å²) in [6.45, 7) is 0. The molecule has 2 aliphatic rings. The van der Waals surface area contributed by atoms with E-state index in [4.69, 9.17) is 56.5 Å². The van der Waals surface area contributed by atoms with Gasteiger partial charge < -0.3 is 0 Å². The standard InChI is InChI=1S/C37H27Cl4N3OS/c38-28-13-4-24(5-14-28)2-1-3-32(45)22-33(26-9-17-30(40)18-10-26)35-34(21-8-25-6-15-29(39)16-7-25)43-37-44(42-23-46-37)36(35)27-11-19-31(41)20-12-27/h1-2,4-21,23,33,36H,3,22H2/b2-1+,21-8+. The van der Waals surface area contributed by atoms with E-state index in [0.29, 0.717) is 20.1 Å². The van der Waals surface area contributed by atoms with Gasteiger partial charge >= 0.3 is 0 Å². The van der Waals surface area contributed by atoms with Crippen LogP contribution in [0.1, 0.15) is 47.1 Å². The van der Waals surface area contributed by atoms with E-state index in [2.05, 4.69) is 0 Å². The molecule has 0 N–H and O–H groups in total. The van der Waals surface area contributed by atoms with Crippen molar-refractivity contribution in [1.29, 1.82) is 0 Å². The van der Waals surface area contributed by atoms with Crippen LogP contribution < -0.4 is 0 Å². The van der Waals surface area contributed by atoms with Crippen LogP contribution in [0.4, 0.5) is 0 Å². The molecule has 0 aliphatic carbocycles. The lowest BCUT2D eigenvalue weighted by molar-refractivity contribution is -0.118. The van der Waals surface area contributed by atoms with E-state index >= 15 is 0 Å². The van der Waals surface area contributed by atoms with Crippen molar-refractivity contribution < 1.29 is 4.79 Å². The Morgan fingerprint density at radius 3 is 1.89 bits per heavy atom. The number of ketones is 1. The number of carbonyl (C=O) groups is 1. The number of thioether (sulfide) groups is 1. The quantitative estimate of drug-likeness (QED) is 0.165. The maximum atomic E-state index is 13.8. The van der Waals surface area contributed by atoms with Crippen LogP contribution in [0.5, 0.6) is 0 Å². The van der Waals surface area contributed by atoms with Gasteiger partial charge in [0.1, 0.15) is 11.8 Å². The molecule has 46 heavy (non-hydrogen) atoms. The number of allylic oxidation sites excluding steroid dienone is 2. The molecule has 0 amide bonds. The number of amidine groups is 1. The Hall–Kier alpha value is -3.58. The lowest BCUT2D eigenvalue weighted by Gasteiger charge is -2.37. The van der Waals surface area contributed by atoms with Crippen molar-refractivity contribution in [1.82, 2.24) is 5.01 Å². The second-order valence-corrected chi connectivity index (χ2v) is 13.3. The average molecular weight is 704 g/mol. The number of carbonyl (C=O) groups excluding carboxylic acids is 1. The molecule has 2 aliphatic heterocycles. The summed E-state index contributed by atoms with van der Waals surface area (Å²) in [6.07, 6.45) is 8.39. The molecule has 0 saturated heterocycles. The number of Topliss-reactive ketones (excluding diaryl/α,β-unsaturated/α-hetero) is 1. The first-order valence-corrected chi connectivity index (χ1v) is 16.9. The normalized spacial score (nSPS) is 16.7. The van der Waals surface area contributed by atoms with Gasteiger partial charge in [0, 0.05) is 38.9 Å². The molecule has 9 heteroatoms. The maximum absolute atomic E-state index is 13.8. The van der Waals surface area contributed by atoms with Gasteiger partial charge in [-0.1, -0.05) is 113 Å². The summed E-state index contributed by atoms with van der Waals surface area (Å²) in [5, 5.41) is 9.99. The molecule has 2 heterocycles. The first-order valence-electron chi connectivity index (χ1n) is 14.5. The van der Waals surface area contributed by atoms with Gasteiger partial charge in [0.15, 0.2) is 5.17 Å². The Kier molecular flexibility index (Phi) is 10.5. The van der Waals surface area contributed by atoms with Crippen molar-refractivity contribution in [2.24, 2.45) is 10.1 Å². The van der Waals surface area contributed by atoms with Crippen LogP contribution in [0.25, 0.3) is 12.2 Å². The summed E-state index contributed by atoms with van der Waals surface area (Å²) >= 11 is 26.3. The molecule has 2 unspecified atom stereocenters. The fourth-order valence-electron chi connectivity index (χ4n) is 5.45. The highest BCUT2D eigenvalue weighted by Crippen LogP contribution is 2.47. The lowest BCUT2D eigenvalue weighted by atomic mass is 9.78. The number of rotatable bonds is 10. The van der Waals surface area contributed by atoms with E-state index in [9.17, 15) is 4.79 Å². The molecule has 0 aromatic heterocycles. The Balaban J connectivity index is 1.45. The minimum atomic E-state index is -0.334. The number of nitrogens with zero attached hydrogens (tertiary/aromatic N) is 3. The molecular formula is C37H27Cl4N3OS. The van der Waals surface area contributed by atoms with E-state index in [1.165, 1.54) is 11.8 Å². The zero-order valence-corrected chi connectivity index (χ0v) is 28.2. The number of benzene rings is 4. The lowest BCUT2D eigenvalue weighted by Crippen LogP contribution is -2.33. The zero-order chi connectivity index (χ0) is 32.0. The van der Waals surface area contributed by atoms with Crippen molar-refractivity contribution in [3.8, 4) is 0 Å². The first kappa shape index (κ1) is 32.4. The van der Waals surface area contributed by atoms with E-state index in [1.54, 1.807) is 5.55 Å². The summed E-state index contributed by atoms with van der Waals surface area (Å²) in [6, 6.07) is 30.2. The predicted molar refractivity (Wildman–Crippen MR) is 196 cm³/mol. The van der Waals surface area contributed by atoms with Gasteiger partial charge in [0.2, 0.25) is 0 Å². The Morgan fingerprint density at radius 2 is 1.28 bits per heavy atom. The van der Waals surface area contributed by atoms with Gasteiger partial charge in [-0.05, 0) is 94.2 Å². The number of halogens is 4. The van der Waals surface area contributed by atoms with Crippen LogP contribution in [-0.2, 0) is 4.79 Å². The molecule has 0 spiro atoms. The minimum absolute atomic E-state index is 0.0858. The monoisotopic (exact) mass is 701 g/mol. The number of hydrogen-bond donors (Lipinski definition) is 0. The van der Waals surface area contributed by atoms with E-state index < -0.39 is 0 Å². The fraction of sp³-hybridized carbons (Fsp3) is 0.108. The topological polar surface area (TPSA) is 45.0 Å². The van der Waals surface area contributed by atoms with Gasteiger partial charge in [-0.25, -0.2) is 10.0 Å². The van der Waals surface area contributed by atoms with Crippen LogP contribution >= 0.6 is 58.2 Å². The van der Waals surface area contributed by atoms with Gasteiger partial charge in [0.05, 0.1) is 11.2 Å². The van der Waals surface area contributed by atoms with Crippen molar-refractivity contribution in [3.05, 3.63) is 163 Å². The Morgan fingerprint density at radius 1 is 0.739 bits per heavy atom. The van der Waals surface area contributed by atoms with Gasteiger partial charge in [-0.3, -0.25) is 4.79 Å². The molecule has 0 saturated carbocycles. The summed E-state index contributed by atoms with van der Waals surface area (Å²) in [7, 11) is 0. The number of aliphatic imine (C=N–C) groups is 1. The molecule has 4 aromatic carbocycles. The Bertz CT molecular complexity index is 1860. The van der Waals surface area contributed by atoms with Gasteiger partial charge in [-0.15, -0.1) is 0 Å². The Labute approximate surface area is 292 Å². The largest absolute Gasteiger partial charge is 0.299 e. The first-order chi connectivity index (χ1) is 22.3. The predicted octanol–water partition coefficient (Wildman–Crippen LogP) is 11.5. The third-order valence-electron chi connectivity index (χ3n) is 7.67. The van der Waals surface area contributed by atoms with E-state index in [1.807, 2.05) is 126 Å². The highest BCUT2D eigenvalue weighted by Gasteiger charge is 2.39. The van der Waals surface area contributed by atoms with Crippen LogP contribution in [0.15, 0.2) is 131 Å². The maximum Gasteiger partial charge on any atom is 0.191 e. The second-order valence-electron chi connectivity index (χ2n) is 10.8. The van der Waals surface area contributed by atoms with Crippen LogP contribution in [0, 0.1) is 0 Å².